The quantitative estimate of drug-likeness (QED) is 0.940. The second-order valence-electron chi connectivity index (χ2n) is 5.34. The van der Waals surface area contributed by atoms with Crippen LogP contribution in [-0.4, -0.2) is 12.5 Å². The average molecular weight is 299 g/mol. The van der Waals surface area contributed by atoms with Crippen LogP contribution in [0, 0.1) is 0 Å². The molecular weight excluding hydrogens is 282 g/mol. The first-order chi connectivity index (χ1) is 10.4. The molecule has 4 rings (SSSR count). The molecule has 0 bridgehead atoms. The van der Waals surface area contributed by atoms with Gasteiger partial charge in [0.2, 0.25) is 6.79 Å². The van der Waals surface area contributed by atoms with Crippen LogP contribution >= 0.6 is 11.8 Å². The number of hydrogen-bond acceptors (Lipinski definition) is 4. The predicted molar refractivity (Wildman–Crippen MR) is 84.7 cm³/mol. The number of benzene rings is 2. The van der Waals surface area contributed by atoms with Crippen molar-refractivity contribution in [1.82, 2.24) is 5.32 Å². The lowest BCUT2D eigenvalue weighted by atomic mass is 10.0. The second-order valence-corrected chi connectivity index (χ2v) is 6.37. The lowest BCUT2D eigenvalue weighted by Crippen LogP contribution is -2.26. The van der Waals surface area contributed by atoms with E-state index in [-0.39, 0.29) is 0 Å². The summed E-state index contributed by atoms with van der Waals surface area (Å²) in [6, 6.07) is 15.3. The molecule has 0 spiro atoms. The molecule has 4 heteroatoms. The number of ether oxygens (including phenoxy) is 2. The molecule has 2 aliphatic rings. The van der Waals surface area contributed by atoms with Gasteiger partial charge in [0.25, 0.3) is 0 Å². The second kappa shape index (κ2) is 5.62. The molecular formula is C17H17NO2S. The Balaban J connectivity index is 1.48. The Bertz CT molecular complexity index is 659. The van der Waals surface area contributed by atoms with Crippen LogP contribution in [0.15, 0.2) is 42.5 Å². The molecule has 0 saturated heterocycles. The summed E-state index contributed by atoms with van der Waals surface area (Å²) < 4.78 is 10.8. The highest BCUT2D eigenvalue weighted by Gasteiger charge is 2.20. The summed E-state index contributed by atoms with van der Waals surface area (Å²) in [6.45, 7) is 1.18. The third-order valence-electron chi connectivity index (χ3n) is 3.96. The molecule has 2 aromatic carbocycles. The fourth-order valence-corrected chi connectivity index (χ4v) is 3.98. The lowest BCUT2D eigenvalue weighted by molar-refractivity contribution is 0.174. The summed E-state index contributed by atoms with van der Waals surface area (Å²) in [5.74, 6) is 3.95. The van der Waals surface area contributed by atoms with Crippen molar-refractivity contribution in [2.45, 2.75) is 18.3 Å². The molecule has 0 saturated carbocycles. The van der Waals surface area contributed by atoms with E-state index in [1.807, 2.05) is 17.8 Å². The van der Waals surface area contributed by atoms with Crippen molar-refractivity contribution in [2.24, 2.45) is 0 Å². The third-order valence-corrected chi connectivity index (χ3v) is 5.05. The molecule has 3 nitrogen and oxygen atoms in total. The normalized spacial score (nSPS) is 19.3. The summed E-state index contributed by atoms with van der Waals surface area (Å²) in [4.78, 5) is 0. The van der Waals surface area contributed by atoms with Gasteiger partial charge in [0.05, 0.1) is 0 Å². The van der Waals surface area contributed by atoms with Gasteiger partial charge < -0.3 is 14.8 Å². The molecule has 0 fully saturated rings. The van der Waals surface area contributed by atoms with E-state index < -0.39 is 0 Å². The van der Waals surface area contributed by atoms with Gasteiger partial charge in [0.15, 0.2) is 11.5 Å². The standard InChI is InChI=1S/C17H17NO2S/c1-2-4-14-13(3-1)9-21-10-15(14)18-8-12-5-6-16-17(7-12)20-11-19-16/h1-7,15,18H,8-11H2. The van der Waals surface area contributed by atoms with E-state index >= 15 is 0 Å². The zero-order valence-corrected chi connectivity index (χ0v) is 12.5. The van der Waals surface area contributed by atoms with Crippen molar-refractivity contribution >= 4 is 11.8 Å². The number of fused-ring (bicyclic) bond motifs is 2. The monoisotopic (exact) mass is 299 g/mol. The molecule has 0 amide bonds. The molecule has 0 aromatic heterocycles. The van der Waals surface area contributed by atoms with Crippen molar-refractivity contribution in [3.8, 4) is 11.5 Å². The molecule has 21 heavy (non-hydrogen) atoms. The smallest absolute Gasteiger partial charge is 0.231 e. The molecule has 0 aliphatic carbocycles. The molecule has 2 aromatic rings. The zero-order chi connectivity index (χ0) is 14.1. The molecule has 108 valence electrons. The van der Waals surface area contributed by atoms with E-state index in [9.17, 15) is 0 Å². The van der Waals surface area contributed by atoms with E-state index in [1.165, 1.54) is 16.7 Å². The largest absolute Gasteiger partial charge is 0.454 e. The van der Waals surface area contributed by atoms with Crippen LogP contribution in [0.5, 0.6) is 11.5 Å². The summed E-state index contributed by atoms with van der Waals surface area (Å²) in [5.41, 5.74) is 4.13. The van der Waals surface area contributed by atoms with Gasteiger partial charge in [-0.3, -0.25) is 0 Å². The van der Waals surface area contributed by atoms with Crippen LogP contribution in [0.4, 0.5) is 0 Å². The summed E-state index contributed by atoms with van der Waals surface area (Å²) in [6.07, 6.45) is 0. The molecule has 1 atom stereocenters. The molecule has 0 radical (unpaired) electrons. The fourth-order valence-electron chi connectivity index (χ4n) is 2.84. The summed E-state index contributed by atoms with van der Waals surface area (Å²) >= 11 is 1.99. The van der Waals surface area contributed by atoms with Crippen molar-refractivity contribution in [3.05, 3.63) is 59.2 Å². The maximum Gasteiger partial charge on any atom is 0.231 e. The van der Waals surface area contributed by atoms with Crippen molar-refractivity contribution < 1.29 is 9.47 Å². The minimum Gasteiger partial charge on any atom is -0.454 e. The minimum atomic E-state index is 0.332. The molecule has 1 N–H and O–H groups in total. The third kappa shape index (κ3) is 2.61. The SMILES string of the molecule is c1ccc2c(c1)CSCC2NCc1ccc2c(c1)OCO2. The van der Waals surface area contributed by atoms with Gasteiger partial charge in [-0.15, -0.1) is 0 Å². The average Bonchev–Trinajstić information content (AvgIpc) is 3.00. The highest BCUT2D eigenvalue weighted by Crippen LogP contribution is 2.34. The Morgan fingerprint density at radius 2 is 2.00 bits per heavy atom. The van der Waals surface area contributed by atoms with E-state index in [2.05, 4.69) is 41.7 Å². The highest BCUT2D eigenvalue weighted by molar-refractivity contribution is 7.98. The molecule has 2 aliphatic heterocycles. The Kier molecular flexibility index (Phi) is 3.49. The van der Waals surface area contributed by atoms with Gasteiger partial charge >= 0.3 is 0 Å². The predicted octanol–water partition coefficient (Wildman–Crippen LogP) is 3.49. The van der Waals surface area contributed by atoms with Gasteiger partial charge in [-0.2, -0.15) is 11.8 Å². The summed E-state index contributed by atoms with van der Waals surface area (Å²) in [7, 11) is 0. The zero-order valence-electron chi connectivity index (χ0n) is 11.7. The Morgan fingerprint density at radius 3 is 3.00 bits per heavy atom. The van der Waals surface area contributed by atoms with Gasteiger partial charge in [-0.25, -0.2) is 0 Å². The van der Waals surface area contributed by atoms with Crippen LogP contribution in [-0.2, 0) is 12.3 Å². The fraction of sp³-hybridized carbons (Fsp3) is 0.294. The van der Waals surface area contributed by atoms with Crippen molar-refractivity contribution in [3.63, 3.8) is 0 Å². The number of rotatable bonds is 3. The maximum absolute atomic E-state index is 5.43. The molecule has 2 heterocycles. The highest BCUT2D eigenvalue weighted by atomic mass is 32.2. The maximum atomic E-state index is 5.43. The molecule has 1 unspecified atom stereocenters. The minimum absolute atomic E-state index is 0.332. The van der Waals surface area contributed by atoms with Crippen LogP contribution in [0.1, 0.15) is 22.7 Å². The first-order valence-electron chi connectivity index (χ1n) is 7.17. The number of hydrogen-bond donors (Lipinski definition) is 1. The van der Waals surface area contributed by atoms with Gasteiger partial charge in [-0.05, 0) is 28.8 Å². The van der Waals surface area contributed by atoms with E-state index in [0.29, 0.717) is 12.8 Å². The van der Waals surface area contributed by atoms with Crippen LogP contribution in [0.3, 0.4) is 0 Å². The van der Waals surface area contributed by atoms with Crippen LogP contribution in [0.25, 0.3) is 0 Å². The van der Waals surface area contributed by atoms with Crippen LogP contribution < -0.4 is 14.8 Å². The Morgan fingerprint density at radius 1 is 1.10 bits per heavy atom. The number of nitrogens with one attached hydrogen (secondary N) is 1. The topological polar surface area (TPSA) is 30.5 Å². The van der Waals surface area contributed by atoms with E-state index in [0.717, 1.165) is 29.5 Å². The van der Waals surface area contributed by atoms with Gasteiger partial charge in [0.1, 0.15) is 0 Å². The van der Waals surface area contributed by atoms with E-state index in [1.54, 1.807) is 0 Å². The summed E-state index contributed by atoms with van der Waals surface area (Å²) in [5, 5.41) is 3.67. The first-order valence-corrected chi connectivity index (χ1v) is 8.33. The number of thioether (sulfide) groups is 1. The Labute approximate surface area is 128 Å². The lowest BCUT2D eigenvalue weighted by Gasteiger charge is -2.26. The van der Waals surface area contributed by atoms with Crippen molar-refractivity contribution in [2.75, 3.05) is 12.5 Å². The van der Waals surface area contributed by atoms with E-state index in [4.69, 9.17) is 9.47 Å². The van der Waals surface area contributed by atoms with Gasteiger partial charge in [0, 0.05) is 24.1 Å². The van der Waals surface area contributed by atoms with Gasteiger partial charge in [-0.1, -0.05) is 30.3 Å². The van der Waals surface area contributed by atoms with Crippen molar-refractivity contribution in [1.29, 1.82) is 0 Å². The Hall–Kier alpha value is -1.65. The van der Waals surface area contributed by atoms with Crippen LogP contribution in [0.2, 0.25) is 0 Å². The first kappa shape index (κ1) is 13.0.